The van der Waals surface area contributed by atoms with E-state index in [1.54, 1.807) is 20.8 Å². The van der Waals surface area contributed by atoms with Crippen molar-refractivity contribution in [3.05, 3.63) is 0 Å². The number of hydrogen-bond acceptors (Lipinski definition) is 4. The van der Waals surface area contributed by atoms with E-state index in [-0.39, 0.29) is 17.7 Å². The van der Waals surface area contributed by atoms with Gasteiger partial charge in [-0.15, -0.1) is 0 Å². The minimum Gasteiger partial charge on any atom is -0.480 e. The van der Waals surface area contributed by atoms with Crippen LogP contribution in [0.25, 0.3) is 0 Å². The van der Waals surface area contributed by atoms with E-state index in [4.69, 9.17) is 4.74 Å². The number of carbonyl (C=O) groups excluding carboxylic acids is 2. The molecule has 2 heterocycles. The molecule has 0 aromatic carbocycles. The zero-order valence-electron chi connectivity index (χ0n) is 15.1. The van der Waals surface area contributed by atoms with Gasteiger partial charge in [-0.2, -0.15) is 0 Å². The number of nitrogens with zero attached hydrogens (tertiary/aromatic N) is 2. The Hall–Kier alpha value is -1.79. The third-order valence-electron chi connectivity index (χ3n) is 4.47. The maximum atomic E-state index is 12.8. The van der Waals surface area contributed by atoms with E-state index >= 15 is 0 Å². The maximum Gasteiger partial charge on any atom is 0.410 e. The Kier molecular flexibility index (Phi) is 5.11. The van der Waals surface area contributed by atoms with Gasteiger partial charge in [0, 0.05) is 19.0 Å². The lowest BCUT2D eigenvalue weighted by atomic mass is 10.0. The van der Waals surface area contributed by atoms with Gasteiger partial charge in [-0.1, -0.05) is 13.8 Å². The van der Waals surface area contributed by atoms with Crippen molar-refractivity contribution in [2.45, 2.75) is 65.1 Å². The fraction of sp³-hybridized carbons (Fsp3) is 0.824. The minimum absolute atomic E-state index is 0.0148. The molecule has 1 N–H and O–H groups in total. The normalized spacial score (nSPS) is 25.2. The third-order valence-corrected chi connectivity index (χ3v) is 4.47. The van der Waals surface area contributed by atoms with Crippen molar-refractivity contribution in [2.75, 3.05) is 13.1 Å². The Bertz CT molecular complexity index is 526. The molecule has 2 aliphatic rings. The maximum absolute atomic E-state index is 12.8. The van der Waals surface area contributed by atoms with Crippen LogP contribution in [0.4, 0.5) is 4.79 Å². The summed E-state index contributed by atoms with van der Waals surface area (Å²) in [7, 11) is 0. The quantitative estimate of drug-likeness (QED) is 0.845. The lowest BCUT2D eigenvalue weighted by molar-refractivity contribution is -0.150. The highest BCUT2D eigenvalue weighted by molar-refractivity contribution is 5.92. The zero-order valence-corrected chi connectivity index (χ0v) is 15.1. The van der Waals surface area contributed by atoms with Crippen LogP contribution in [-0.2, 0) is 14.3 Å². The second-order valence-corrected chi connectivity index (χ2v) is 8.14. The van der Waals surface area contributed by atoms with Crippen LogP contribution in [0, 0.1) is 11.8 Å². The minimum atomic E-state index is -0.985. The predicted octanol–water partition coefficient (Wildman–Crippen LogP) is 1.95. The first kappa shape index (κ1) is 18.5. The van der Waals surface area contributed by atoms with Crippen LogP contribution in [0.1, 0.15) is 47.5 Å². The molecule has 0 aromatic heterocycles. The molecule has 0 unspecified atom stereocenters. The van der Waals surface area contributed by atoms with Gasteiger partial charge in [0.2, 0.25) is 5.91 Å². The fourth-order valence-electron chi connectivity index (χ4n) is 3.51. The van der Waals surface area contributed by atoms with Gasteiger partial charge >= 0.3 is 12.1 Å². The predicted molar refractivity (Wildman–Crippen MR) is 87.4 cm³/mol. The van der Waals surface area contributed by atoms with Gasteiger partial charge in [0.1, 0.15) is 17.7 Å². The summed E-state index contributed by atoms with van der Waals surface area (Å²) in [4.78, 5) is 39.7. The second-order valence-electron chi connectivity index (χ2n) is 8.14. The van der Waals surface area contributed by atoms with Gasteiger partial charge in [-0.25, -0.2) is 9.59 Å². The summed E-state index contributed by atoms with van der Waals surface area (Å²) in [5.41, 5.74) is -0.627. The van der Waals surface area contributed by atoms with Gasteiger partial charge in [0.05, 0.1) is 0 Å². The van der Waals surface area contributed by atoms with E-state index in [1.165, 1.54) is 9.80 Å². The molecule has 24 heavy (non-hydrogen) atoms. The Morgan fingerprint density at radius 3 is 2.46 bits per heavy atom. The molecule has 2 aliphatic heterocycles. The molecule has 3 atom stereocenters. The van der Waals surface area contributed by atoms with Gasteiger partial charge in [-0.05, 0) is 39.5 Å². The summed E-state index contributed by atoms with van der Waals surface area (Å²) in [5, 5.41) is 9.49. The lowest BCUT2D eigenvalue weighted by Gasteiger charge is -2.30. The fourth-order valence-corrected chi connectivity index (χ4v) is 3.51. The van der Waals surface area contributed by atoms with Crippen LogP contribution in [-0.4, -0.2) is 63.7 Å². The van der Waals surface area contributed by atoms with Gasteiger partial charge < -0.3 is 14.7 Å². The molecule has 2 amide bonds. The smallest absolute Gasteiger partial charge is 0.410 e. The van der Waals surface area contributed by atoms with Crippen molar-refractivity contribution in [3.63, 3.8) is 0 Å². The number of ether oxygens (including phenoxy) is 1. The van der Waals surface area contributed by atoms with Crippen LogP contribution in [0.15, 0.2) is 0 Å². The average molecular weight is 340 g/mol. The van der Waals surface area contributed by atoms with E-state index in [0.717, 1.165) is 0 Å². The van der Waals surface area contributed by atoms with Gasteiger partial charge in [0.25, 0.3) is 0 Å². The molecule has 0 aromatic rings. The van der Waals surface area contributed by atoms with E-state index in [1.807, 2.05) is 13.8 Å². The molecule has 0 saturated carbocycles. The molecule has 0 radical (unpaired) electrons. The standard InChI is InChI=1S/C17H28N2O5/c1-10(2)8-12(15(21)22)19-9-11-6-7-18(13(11)14(19)20)16(23)24-17(3,4)5/h10-13H,6-9H2,1-5H3,(H,21,22)/t11-,12+,13-/m1/s1. The number of carbonyl (C=O) groups is 3. The molecule has 2 fully saturated rings. The van der Waals surface area contributed by atoms with Gasteiger partial charge in [-0.3, -0.25) is 9.69 Å². The third kappa shape index (κ3) is 3.82. The summed E-state index contributed by atoms with van der Waals surface area (Å²) in [6.45, 7) is 10.1. The topological polar surface area (TPSA) is 87.2 Å². The highest BCUT2D eigenvalue weighted by Crippen LogP contribution is 2.35. The number of likely N-dealkylation sites (tertiary alicyclic amines) is 2. The summed E-state index contributed by atoms with van der Waals surface area (Å²) >= 11 is 0. The molecule has 136 valence electrons. The highest BCUT2D eigenvalue weighted by Gasteiger charge is 2.52. The largest absolute Gasteiger partial charge is 0.480 e. The van der Waals surface area contributed by atoms with Gasteiger partial charge in [0.15, 0.2) is 0 Å². The average Bonchev–Trinajstić information content (AvgIpc) is 2.94. The molecular weight excluding hydrogens is 312 g/mol. The Morgan fingerprint density at radius 1 is 1.33 bits per heavy atom. The summed E-state index contributed by atoms with van der Waals surface area (Å²) in [6, 6.07) is -1.42. The molecule has 2 rings (SSSR count). The first-order valence-electron chi connectivity index (χ1n) is 8.54. The number of fused-ring (bicyclic) bond motifs is 1. The van der Waals surface area contributed by atoms with E-state index in [9.17, 15) is 19.5 Å². The number of carboxylic acid groups (broad SMARTS) is 1. The van der Waals surface area contributed by atoms with Crippen molar-refractivity contribution in [1.29, 1.82) is 0 Å². The summed E-state index contributed by atoms with van der Waals surface area (Å²) in [5.74, 6) is -1.10. The van der Waals surface area contributed by atoms with Crippen molar-refractivity contribution >= 4 is 18.0 Å². The summed E-state index contributed by atoms with van der Waals surface area (Å²) < 4.78 is 5.39. The molecule has 2 saturated heterocycles. The molecule has 7 heteroatoms. The van der Waals surface area contributed by atoms with Crippen LogP contribution < -0.4 is 0 Å². The Morgan fingerprint density at radius 2 is 1.96 bits per heavy atom. The molecule has 0 spiro atoms. The van der Waals surface area contributed by atoms with E-state index in [2.05, 4.69) is 0 Å². The SMILES string of the molecule is CC(C)C[C@@H](C(=O)O)N1C[C@H]2CCN(C(=O)OC(C)(C)C)[C@H]2C1=O. The second kappa shape index (κ2) is 6.61. The number of amides is 2. The van der Waals surface area contributed by atoms with Crippen LogP contribution in [0.5, 0.6) is 0 Å². The molecule has 0 aliphatic carbocycles. The lowest BCUT2D eigenvalue weighted by Crippen LogP contribution is -2.49. The van der Waals surface area contributed by atoms with Crippen LogP contribution in [0.3, 0.4) is 0 Å². The van der Waals surface area contributed by atoms with Crippen molar-refractivity contribution in [2.24, 2.45) is 11.8 Å². The van der Waals surface area contributed by atoms with Crippen LogP contribution in [0.2, 0.25) is 0 Å². The Balaban J connectivity index is 2.14. The highest BCUT2D eigenvalue weighted by atomic mass is 16.6. The number of carboxylic acids is 1. The van der Waals surface area contributed by atoms with Crippen LogP contribution >= 0.6 is 0 Å². The zero-order chi connectivity index (χ0) is 18.2. The van der Waals surface area contributed by atoms with E-state index in [0.29, 0.717) is 25.9 Å². The number of hydrogen-bond donors (Lipinski definition) is 1. The van der Waals surface area contributed by atoms with Crippen molar-refractivity contribution in [1.82, 2.24) is 9.80 Å². The van der Waals surface area contributed by atoms with Crippen molar-refractivity contribution < 1.29 is 24.2 Å². The molecule has 7 nitrogen and oxygen atoms in total. The number of rotatable bonds is 4. The number of aliphatic carboxylic acids is 1. The monoisotopic (exact) mass is 340 g/mol. The first-order valence-corrected chi connectivity index (χ1v) is 8.54. The van der Waals surface area contributed by atoms with Crippen molar-refractivity contribution in [3.8, 4) is 0 Å². The van der Waals surface area contributed by atoms with E-state index < -0.39 is 29.7 Å². The summed E-state index contributed by atoms with van der Waals surface area (Å²) in [6.07, 6.45) is 0.605. The molecule has 0 bridgehead atoms. The first-order chi connectivity index (χ1) is 11.0. The Labute approximate surface area is 142 Å². The molecular formula is C17H28N2O5.